The van der Waals surface area contributed by atoms with E-state index in [1.54, 1.807) is 6.07 Å². The van der Waals surface area contributed by atoms with Crippen LogP contribution < -0.4 is 4.74 Å². The number of carbonyl (C=O) groups excluding carboxylic acids is 1. The number of nitrogens with zero attached hydrogens (tertiary/aromatic N) is 1. The maximum Gasteiger partial charge on any atom is 0.166 e. The van der Waals surface area contributed by atoms with Crippen molar-refractivity contribution < 1.29 is 19.7 Å². The Morgan fingerprint density at radius 1 is 1.39 bits per heavy atom. The predicted molar refractivity (Wildman–Crippen MR) is 82.7 cm³/mol. The smallest absolute Gasteiger partial charge is 0.166 e. The lowest BCUT2D eigenvalue weighted by molar-refractivity contribution is -0.125. The van der Waals surface area contributed by atoms with Crippen LogP contribution in [0.4, 0.5) is 0 Å². The van der Waals surface area contributed by atoms with Crippen LogP contribution in [0, 0.1) is 5.92 Å². The number of rotatable bonds is 3. The first-order valence-electron chi connectivity index (χ1n) is 8.54. The van der Waals surface area contributed by atoms with Crippen LogP contribution >= 0.6 is 0 Å². The van der Waals surface area contributed by atoms with Crippen LogP contribution in [0.1, 0.15) is 30.4 Å². The number of phenols is 1. The minimum absolute atomic E-state index is 0.0402. The van der Waals surface area contributed by atoms with Crippen LogP contribution in [0.2, 0.25) is 0 Å². The average Bonchev–Trinajstić information content (AvgIpc) is 3.28. The molecule has 4 atom stereocenters. The summed E-state index contributed by atoms with van der Waals surface area (Å²) in [4.78, 5) is 14.1. The first-order chi connectivity index (χ1) is 11.1. The Labute approximate surface area is 134 Å². The summed E-state index contributed by atoms with van der Waals surface area (Å²) in [5.74, 6) is 1.25. The Morgan fingerprint density at radius 2 is 2.22 bits per heavy atom. The van der Waals surface area contributed by atoms with Gasteiger partial charge in [-0.3, -0.25) is 9.69 Å². The Kier molecular flexibility index (Phi) is 2.69. The standard InChI is InChI=1S/C18H21NO4/c20-9-14-18-5-6-19(8-10-1-2-10)12(17(18)22)7-11-3-4-13(21)16(23-14)15(11)18/h3-4,9-10,12,14,17,21-22H,1-2,5-8H2/t12?,14?,17?,18-/m1/s1. The van der Waals surface area contributed by atoms with Crippen LogP contribution in [0.5, 0.6) is 11.5 Å². The molecule has 0 amide bonds. The third kappa shape index (κ3) is 1.67. The minimum atomic E-state index is -0.703. The topological polar surface area (TPSA) is 70.0 Å². The number of benzene rings is 1. The molecular weight excluding hydrogens is 294 g/mol. The molecule has 122 valence electrons. The molecule has 23 heavy (non-hydrogen) atoms. The lowest BCUT2D eigenvalue weighted by atomic mass is 9.60. The summed E-state index contributed by atoms with van der Waals surface area (Å²) >= 11 is 0. The fraction of sp³-hybridized carbons (Fsp3) is 0.611. The van der Waals surface area contributed by atoms with Crippen LogP contribution in [-0.4, -0.2) is 52.7 Å². The number of aldehydes is 1. The van der Waals surface area contributed by atoms with Crippen molar-refractivity contribution in [3.63, 3.8) is 0 Å². The second kappa shape index (κ2) is 4.48. The Morgan fingerprint density at radius 3 is 2.96 bits per heavy atom. The van der Waals surface area contributed by atoms with Crippen molar-refractivity contribution in [2.45, 2.75) is 49.3 Å². The molecule has 0 radical (unpaired) electrons. The molecule has 1 saturated heterocycles. The van der Waals surface area contributed by atoms with Gasteiger partial charge in [-0.25, -0.2) is 0 Å². The summed E-state index contributed by atoms with van der Waals surface area (Å²) < 4.78 is 5.79. The van der Waals surface area contributed by atoms with Crippen molar-refractivity contribution in [3.8, 4) is 11.5 Å². The molecule has 2 aliphatic carbocycles. The number of aromatic hydroxyl groups is 1. The van der Waals surface area contributed by atoms with Gasteiger partial charge in [0.05, 0.1) is 11.5 Å². The van der Waals surface area contributed by atoms with Gasteiger partial charge in [0.2, 0.25) is 0 Å². The van der Waals surface area contributed by atoms with Crippen molar-refractivity contribution in [2.24, 2.45) is 5.92 Å². The van der Waals surface area contributed by atoms with Gasteiger partial charge in [-0.05, 0) is 49.8 Å². The number of hydrogen-bond acceptors (Lipinski definition) is 5. The molecule has 1 aromatic rings. The normalized spacial score (nSPS) is 38.0. The number of fused-ring (bicyclic) bond motifs is 1. The quantitative estimate of drug-likeness (QED) is 0.814. The molecule has 1 spiro atoms. The number of hydrogen-bond donors (Lipinski definition) is 2. The van der Waals surface area contributed by atoms with E-state index >= 15 is 0 Å². The minimum Gasteiger partial charge on any atom is -0.504 e. The monoisotopic (exact) mass is 315 g/mol. The molecule has 2 fully saturated rings. The summed E-state index contributed by atoms with van der Waals surface area (Å²) in [6.45, 7) is 1.92. The van der Waals surface area contributed by atoms with E-state index in [-0.39, 0.29) is 11.8 Å². The van der Waals surface area contributed by atoms with Crippen molar-refractivity contribution in [1.82, 2.24) is 4.90 Å². The van der Waals surface area contributed by atoms with E-state index in [4.69, 9.17) is 4.74 Å². The van der Waals surface area contributed by atoms with Gasteiger partial charge in [0, 0.05) is 18.2 Å². The maximum absolute atomic E-state index is 11.7. The summed E-state index contributed by atoms with van der Waals surface area (Å²) in [5, 5.41) is 21.3. The van der Waals surface area contributed by atoms with E-state index in [1.165, 1.54) is 12.8 Å². The van der Waals surface area contributed by atoms with Gasteiger partial charge < -0.3 is 14.9 Å². The number of likely N-dealkylation sites (tertiary alicyclic amines) is 1. The van der Waals surface area contributed by atoms with E-state index in [9.17, 15) is 15.0 Å². The third-order valence-electron chi connectivity index (χ3n) is 6.36. The Bertz CT molecular complexity index is 686. The highest BCUT2D eigenvalue weighted by Gasteiger charge is 2.62. The molecule has 5 rings (SSSR count). The van der Waals surface area contributed by atoms with Gasteiger partial charge >= 0.3 is 0 Å². The molecule has 1 aromatic carbocycles. The predicted octanol–water partition coefficient (Wildman–Crippen LogP) is 0.991. The molecule has 0 aromatic heterocycles. The zero-order chi connectivity index (χ0) is 15.8. The van der Waals surface area contributed by atoms with Crippen molar-refractivity contribution in [3.05, 3.63) is 23.3 Å². The molecule has 5 nitrogen and oxygen atoms in total. The van der Waals surface area contributed by atoms with E-state index in [2.05, 4.69) is 4.90 Å². The SMILES string of the molecule is O=CC1Oc2c(O)ccc3c2[C@@]12CCN(CC1CC1)C(C3)C2O. The highest BCUT2D eigenvalue weighted by molar-refractivity contribution is 5.71. The van der Waals surface area contributed by atoms with E-state index < -0.39 is 17.6 Å². The van der Waals surface area contributed by atoms with Crippen molar-refractivity contribution >= 4 is 6.29 Å². The van der Waals surface area contributed by atoms with Crippen LogP contribution in [0.3, 0.4) is 0 Å². The number of ether oxygens (including phenoxy) is 1. The summed E-state index contributed by atoms with van der Waals surface area (Å²) in [6, 6.07) is 3.62. The number of aliphatic hydroxyl groups is 1. The Balaban J connectivity index is 1.64. The fourth-order valence-corrected chi connectivity index (χ4v) is 5.03. The van der Waals surface area contributed by atoms with Crippen LogP contribution in [0.15, 0.2) is 12.1 Å². The molecule has 2 N–H and O–H groups in total. The van der Waals surface area contributed by atoms with Crippen molar-refractivity contribution in [1.29, 1.82) is 0 Å². The van der Waals surface area contributed by atoms with E-state index in [0.29, 0.717) is 12.2 Å². The first-order valence-corrected chi connectivity index (χ1v) is 8.54. The largest absolute Gasteiger partial charge is 0.504 e. The molecule has 4 aliphatic rings. The second-order valence-electron chi connectivity index (χ2n) is 7.57. The zero-order valence-electron chi connectivity index (χ0n) is 12.9. The molecular formula is C18H21NO4. The number of piperidine rings is 1. The van der Waals surface area contributed by atoms with Crippen LogP contribution in [0.25, 0.3) is 0 Å². The number of phenolic OH excluding ortho intramolecular Hbond substituents is 1. The molecule has 2 aliphatic heterocycles. The van der Waals surface area contributed by atoms with E-state index in [0.717, 1.165) is 42.8 Å². The van der Waals surface area contributed by atoms with Crippen molar-refractivity contribution in [2.75, 3.05) is 13.1 Å². The second-order valence-corrected chi connectivity index (χ2v) is 7.57. The molecule has 2 heterocycles. The average molecular weight is 315 g/mol. The number of carbonyl (C=O) groups is 1. The highest BCUT2D eigenvalue weighted by Crippen LogP contribution is 2.57. The maximum atomic E-state index is 11.7. The first kappa shape index (κ1) is 13.8. The van der Waals surface area contributed by atoms with E-state index in [1.807, 2.05) is 6.07 Å². The molecule has 5 heteroatoms. The third-order valence-corrected chi connectivity index (χ3v) is 6.36. The molecule has 1 saturated carbocycles. The highest BCUT2D eigenvalue weighted by atomic mass is 16.5. The van der Waals surface area contributed by atoms with Gasteiger partial charge in [0.15, 0.2) is 23.9 Å². The summed E-state index contributed by atoms with van der Waals surface area (Å²) in [7, 11) is 0. The van der Waals surface area contributed by atoms with Gasteiger partial charge in [-0.1, -0.05) is 6.07 Å². The van der Waals surface area contributed by atoms with Gasteiger partial charge in [0.1, 0.15) is 0 Å². The molecule has 2 bridgehead atoms. The summed E-state index contributed by atoms with van der Waals surface area (Å²) in [6.07, 6.45) is 3.51. The lowest BCUT2D eigenvalue weighted by Gasteiger charge is -2.53. The van der Waals surface area contributed by atoms with Gasteiger partial charge in [-0.15, -0.1) is 0 Å². The zero-order valence-corrected chi connectivity index (χ0v) is 12.9. The lowest BCUT2D eigenvalue weighted by Crippen LogP contribution is -2.66. The van der Waals surface area contributed by atoms with Gasteiger partial charge in [0.25, 0.3) is 0 Å². The Hall–Kier alpha value is -1.59. The molecule has 3 unspecified atom stereocenters. The van der Waals surface area contributed by atoms with Gasteiger partial charge in [-0.2, -0.15) is 0 Å². The fourth-order valence-electron chi connectivity index (χ4n) is 5.03. The van der Waals surface area contributed by atoms with Crippen LogP contribution in [-0.2, 0) is 16.6 Å². The number of aliphatic hydroxyl groups excluding tert-OH is 1. The summed E-state index contributed by atoms with van der Waals surface area (Å²) in [5.41, 5.74) is 1.30.